The molecule has 0 atom stereocenters. The number of thiazole rings is 1. The van der Waals surface area contributed by atoms with Crippen LogP contribution in [0.5, 0.6) is 0 Å². The maximum absolute atomic E-state index is 5.87. The second kappa shape index (κ2) is 4.96. The molecule has 0 saturated heterocycles. The zero-order chi connectivity index (χ0) is 15.1. The molecule has 2 N–H and O–H groups in total. The minimum Gasteiger partial charge on any atom is -0.399 e. The number of rotatable bonds is 2. The van der Waals surface area contributed by atoms with Crippen molar-refractivity contribution in [3.05, 3.63) is 59.2 Å². The molecule has 0 aliphatic heterocycles. The average molecular weight is 306 g/mol. The van der Waals surface area contributed by atoms with E-state index >= 15 is 0 Å². The summed E-state index contributed by atoms with van der Waals surface area (Å²) in [5.41, 5.74) is 11.7. The Morgan fingerprint density at radius 3 is 2.82 bits per heavy atom. The number of imidazole rings is 1. The molecule has 4 rings (SSSR count). The number of hydrogen-bond acceptors (Lipinski definition) is 4. The summed E-state index contributed by atoms with van der Waals surface area (Å²) >= 11 is 1.66. The smallest absolute Gasteiger partial charge is 0.137 e. The molecule has 0 amide bonds. The van der Waals surface area contributed by atoms with Gasteiger partial charge in [-0.2, -0.15) is 0 Å². The number of hydrogen-bond donors (Lipinski definition) is 1. The molecule has 1 aromatic carbocycles. The summed E-state index contributed by atoms with van der Waals surface area (Å²) < 4.78 is 2.07. The van der Waals surface area contributed by atoms with E-state index in [0.29, 0.717) is 0 Å². The summed E-state index contributed by atoms with van der Waals surface area (Å²) in [6.45, 7) is 2.01. The Morgan fingerprint density at radius 1 is 1.14 bits per heavy atom. The van der Waals surface area contributed by atoms with Crippen molar-refractivity contribution in [2.45, 2.75) is 6.92 Å². The molecular weight excluding hydrogens is 292 g/mol. The lowest BCUT2D eigenvalue weighted by atomic mass is 10.1. The van der Waals surface area contributed by atoms with E-state index in [1.165, 1.54) is 0 Å². The Bertz CT molecular complexity index is 968. The van der Waals surface area contributed by atoms with Crippen LogP contribution in [0.4, 0.5) is 5.69 Å². The van der Waals surface area contributed by atoms with Crippen LogP contribution in [0, 0.1) is 6.92 Å². The maximum Gasteiger partial charge on any atom is 0.137 e. The first-order valence-corrected chi connectivity index (χ1v) is 7.84. The van der Waals surface area contributed by atoms with Gasteiger partial charge in [0.05, 0.1) is 22.6 Å². The average Bonchev–Trinajstić information content (AvgIpc) is 3.12. The number of nitrogens with two attached hydrogens (primary N) is 1. The van der Waals surface area contributed by atoms with Gasteiger partial charge in [0, 0.05) is 28.4 Å². The number of benzene rings is 1. The van der Waals surface area contributed by atoms with Crippen LogP contribution in [-0.4, -0.2) is 14.4 Å². The summed E-state index contributed by atoms with van der Waals surface area (Å²) in [4.78, 5) is 9.04. The van der Waals surface area contributed by atoms with Crippen molar-refractivity contribution in [2.24, 2.45) is 0 Å². The van der Waals surface area contributed by atoms with Gasteiger partial charge in [-0.05, 0) is 31.2 Å². The van der Waals surface area contributed by atoms with Gasteiger partial charge in [0.15, 0.2) is 0 Å². The maximum atomic E-state index is 5.87. The first-order chi connectivity index (χ1) is 10.7. The van der Waals surface area contributed by atoms with Crippen LogP contribution in [0.25, 0.3) is 28.2 Å². The third-order valence-electron chi connectivity index (χ3n) is 3.61. The molecule has 4 aromatic rings. The van der Waals surface area contributed by atoms with Crippen molar-refractivity contribution >= 4 is 22.7 Å². The Labute approximate surface area is 131 Å². The third-order valence-corrected chi connectivity index (χ3v) is 4.38. The first kappa shape index (κ1) is 13.0. The second-order valence-corrected chi connectivity index (χ2v) is 6.23. The molecule has 0 aliphatic carbocycles. The number of fused-ring (bicyclic) bond motifs is 1. The molecular formula is C17H14N4S. The van der Waals surface area contributed by atoms with Gasteiger partial charge in [0.2, 0.25) is 0 Å². The fourth-order valence-electron chi connectivity index (χ4n) is 2.55. The molecule has 3 heterocycles. The molecule has 4 nitrogen and oxygen atoms in total. The van der Waals surface area contributed by atoms with Crippen molar-refractivity contribution in [2.75, 3.05) is 5.73 Å². The van der Waals surface area contributed by atoms with Gasteiger partial charge < -0.3 is 5.73 Å². The van der Waals surface area contributed by atoms with Crippen LogP contribution in [0.1, 0.15) is 5.01 Å². The molecule has 108 valence electrons. The zero-order valence-electron chi connectivity index (χ0n) is 12.0. The van der Waals surface area contributed by atoms with Crippen molar-refractivity contribution in [3.8, 4) is 22.5 Å². The Balaban J connectivity index is 1.84. The minimum atomic E-state index is 0.752. The molecule has 0 radical (unpaired) electrons. The van der Waals surface area contributed by atoms with E-state index in [1.54, 1.807) is 11.3 Å². The van der Waals surface area contributed by atoms with Gasteiger partial charge in [-0.3, -0.25) is 4.40 Å². The largest absolute Gasteiger partial charge is 0.399 e. The van der Waals surface area contributed by atoms with E-state index < -0.39 is 0 Å². The zero-order valence-corrected chi connectivity index (χ0v) is 12.8. The quantitative estimate of drug-likeness (QED) is 0.569. The van der Waals surface area contributed by atoms with Gasteiger partial charge in [-0.25, -0.2) is 9.97 Å². The molecule has 0 saturated carbocycles. The Hall–Kier alpha value is -2.66. The number of anilines is 1. The van der Waals surface area contributed by atoms with Gasteiger partial charge in [0.25, 0.3) is 0 Å². The highest BCUT2D eigenvalue weighted by Gasteiger charge is 2.09. The van der Waals surface area contributed by atoms with E-state index in [4.69, 9.17) is 5.73 Å². The Morgan fingerprint density at radius 2 is 2.05 bits per heavy atom. The third kappa shape index (κ3) is 2.16. The fourth-order valence-corrected chi connectivity index (χ4v) is 3.17. The molecule has 0 fully saturated rings. The predicted octanol–water partition coefficient (Wildman–Crippen LogP) is 4.02. The number of nitrogen functional groups attached to an aromatic ring is 1. The molecule has 0 bridgehead atoms. The second-order valence-electron chi connectivity index (χ2n) is 5.16. The molecule has 0 spiro atoms. The molecule has 0 unspecified atom stereocenters. The van der Waals surface area contributed by atoms with Crippen molar-refractivity contribution < 1.29 is 0 Å². The SMILES string of the molecule is Cc1nc(-c2ccn3c(-c4cccc(N)c4)cnc3c2)cs1. The summed E-state index contributed by atoms with van der Waals surface area (Å²) in [5, 5.41) is 3.14. The van der Waals surface area contributed by atoms with E-state index in [-0.39, 0.29) is 0 Å². The van der Waals surface area contributed by atoms with Crippen LogP contribution in [0.2, 0.25) is 0 Å². The highest BCUT2D eigenvalue weighted by atomic mass is 32.1. The minimum absolute atomic E-state index is 0.752. The summed E-state index contributed by atoms with van der Waals surface area (Å²) in [5.74, 6) is 0. The fraction of sp³-hybridized carbons (Fsp3) is 0.0588. The molecule has 3 aromatic heterocycles. The normalized spacial score (nSPS) is 11.1. The topological polar surface area (TPSA) is 56.2 Å². The van der Waals surface area contributed by atoms with Gasteiger partial charge in [-0.15, -0.1) is 11.3 Å². The van der Waals surface area contributed by atoms with Crippen LogP contribution in [0.15, 0.2) is 54.2 Å². The van der Waals surface area contributed by atoms with Crippen LogP contribution in [0.3, 0.4) is 0 Å². The van der Waals surface area contributed by atoms with Crippen molar-refractivity contribution in [3.63, 3.8) is 0 Å². The van der Waals surface area contributed by atoms with Crippen molar-refractivity contribution in [1.82, 2.24) is 14.4 Å². The van der Waals surface area contributed by atoms with Crippen LogP contribution >= 0.6 is 11.3 Å². The predicted molar refractivity (Wildman–Crippen MR) is 90.9 cm³/mol. The lowest BCUT2D eigenvalue weighted by molar-refractivity contribution is 1.19. The van der Waals surface area contributed by atoms with Gasteiger partial charge >= 0.3 is 0 Å². The highest BCUT2D eigenvalue weighted by Crippen LogP contribution is 2.26. The number of aromatic nitrogens is 3. The van der Waals surface area contributed by atoms with E-state index in [2.05, 4.69) is 31.9 Å². The van der Waals surface area contributed by atoms with Crippen molar-refractivity contribution in [1.29, 1.82) is 0 Å². The van der Waals surface area contributed by atoms with Gasteiger partial charge in [0.1, 0.15) is 5.65 Å². The van der Waals surface area contributed by atoms with E-state index in [0.717, 1.165) is 38.9 Å². The number of aryl methyl sites for hydroxylation is 1. The van der Waals surface area contributed by atoms with Crippen LogP contribution < -0.4 is 5.73 Å². The summed E-state index contributed by atoms with van der Waals surface area (Å²) in [6, 6.07) is 12.0. The van der Waals surface area contributed by atoms with Crippen LogP contribution in [-0.2, 0) is 0 Å². The number of pyridine rings is 1. The summed E-state index contributed by atoms with van der Waals surface area (Å²) in [6.07, 6.45) is 3.91. The lowest BCUT2D eigenvalue weighted by Gasteiger charge is -2.04. The lowest BCUT2D eigenvalue weighted by Crippen LogP contribution is -1.90. The molecule has 5 heteroatoms. The van der Waals surface area contributed by atoms with E-state index in [9.17, 15) is 0 Å². The van der Waals surface area contributed by atoms with E-state index in [1.807, 2.05) is 43.6 Å². The Kier molecular flexibility index (Phi) is 2.94. The monoisotopic (exact) mass is 306 g/mol. The standard InChI is InChI=1S/C17H14N4S/c1-11-20-15(10-22-11)12-5-6-21-16(9-19-17(21)8-12)13-3-2-4-14(18)7-13/h2-10H,18H2,1H3. The first-order valence-electron chi connectivity index (χ1n) is 6.96. The molecule has 22 heavy (non-hydrogen) atoms. The van der Waals surface area contributed by atoms with Gasteiger partial charge in [-0.1, -0.05) is 12.1 Å². The number of nitrogens with zero attached hydrogens (tertiary/aromatic N) is 3. The highest BCUT2D eigenvalue weighted by molar-refractivity contribution is 7.09. The molecule has 0 aliphatic rings. The summed E-state index contributed by atoms with van der Waals surface area (Å²) in [7, 11) is 0.